The van der Waals surface area contributed by atoms with Crippen molar-refractivity contribution in [3.05, 3.63) is 53.1 Å². The van der Waals surface area contributed by atoms with Gasteiger partial charge in [-0.1, -0.05) is 24.6 Å². The maximum Gasteiger partial charge on any atom is 0.243 e. The van der Waals surface area contributed by atoms with E-state index in [2.05, 4.69) is 0 Å². The summed E-state index contributed by atoms with van der Waals surface area (Å²) in [5.74, 6) is 1.34. The quantitative estimate of drug-likeness (QED) is 0.813. The molecule has 2 aromatic rings. The zero-order chi connectivity index (χ0) is 17.2. The summed E-state index contributed by atoms with van der Waals surface area (Å²) in [5.41, 5.74) is 0.846. The third-order valence-electron chi connectivity index (χ3n) is 3.77. The Morgan fingerprint density at radius 3 is 2.38 bits per heavy atom. The number of ether oxygens (including phenoxy) is 2. The molecule has 24 heavy (non-hydrogen) atoms. The van der Waals surface area contributed by atoms with Gasteiger partial charge >= 0.3 is 0 Å². The molecule has 0 aliphatic carbocycles. The molecule has 1 heterocycles. The van der Waals surface area contributed by atoms with Crippen molar-refractivity contribution in [2.45, 2.75) is 18.4 Å². The molecule has 5 nitrogen and oxygen atoms in total. The SMILES string of the molecule is CCN(Cc1ccc2c(c1)OCCO2)S(=O)(=O)c1ccc(Cl)cc1. The van der Waals surface area contributed by atoms with E-state index in [1.54, 1.807) is 12.1 Å². The molecule has 0 bridgehead atoms. The fourth-order valence-corrected chi connectivity index (χ4v) is 4.08. The average molecular weight is 368 g/mol. The van der Waals surface area contributed by atoms with Gasteiger partial charge in [0.1, 0.15) is 13.2 Å². The van der Waals surface area contributed by atoms with E-state index in [0.29, 0.717) is 36.3 Å². The lowest BCUT2D eigenvalue weighted by Crippen LogP contribution is -2.30. The molecule has 0 saturated heterocycles. The van der Waals surface area contributed by atoms with E-state index in [0.717, 1.165) is 5.56 Å². The molecule has 1 aliphatic heterocycles. The molecule has 0 saturated carbocycles. The van der Waals surface area contributed by atoms with E-state index < -0.39 is 10.0 Å². The lowest BCUT2D eigenvalue weighted by atomic mass is 10.2. The van der Waals surface area contributed by atoms with Crippen LogP contribution in [-0.2, 0) is 16.6 Å². The molecule has 0 unspecified atom stereocenters. The Hall–Kier alpha value is -1.76. The Morgan fingerprint density at radius 2 is 1.71 bits per heavy atom. The number of nitrogens with zero attached hydrogens (tertiary/aromatic N) is 1. The van der Waals surface area contributed by atoms with Crippen LogP contribution in [0.4, 0.5) is 0 Å². The van der Waals surface area contributed by atoms with Crippen molar-refractivity contribution >= 4 is 21.6 Å². The first-order chi connectivity index (χ1) is 11.5. The van der Waals surface area contributed by atoms with Gasteiger partial charge in [0.15, 0.2) is 11.5 Å². The van der Waals surface area contributed by atoms with Crippen LogP contribution in [0.3, 0.4) is 0 Å². The second-order valence-electron chi connectivity index (χ2n) is 5.36. The minimum atomic E-state index is -3.58. The van der Waals surface area contributed by atoms with Crippen LogP contribution in [-0.4, -0.2) is 32.5 Å². The number of hydrogen-bond donors (Lipinski definition) is 0. The molecular weight excluding hydrogens is 350 g/mol. The predicted octanol–water partition coefficient (Wildman–Crippen LogP) is 3.32. The molecule has 0 amide bonds. The summed E-state index contributed by atoms with van der Waals surface area (Å²) in [7, 11) is -3.58. The van der Waals surface area contributed by atoms with Gasteiger partial charge in [-0.25, -0.2) is 8.42 Å². The summed E-state index contributed by atoms with van der Waals surface area (Å²) in [6.07, 6.45) is 0. The molecule has 128 valence electrons. The topological polar surface area (TPSA) is 55.8 Å². The molecule has 7 heteroatoms. The standard InChI is InChI=1S/C17H18ClNO4S/c1-2-19(24(20,21)15-6-4-14(18)5-7-15)12-13-3-8-16-17(11-13)23-10-9-22-16/h3-8,11H,2,9-10,12H2,1H3. The highest BCUT2D eigenvalue weighted by Gasteiger charge is 2.24. The third kappa shape index (κ3) is 3.50. The predicted molar refractivity (Wildman–Crippen MR) is 92.2 cm³/mol. The van der Waals surface area contributed by atoms with E-state index in [9.17, 15) is 8.42 Å². The molecule has 0 atom stereocenters. The van der Waals surface area contributed by atoms with Gasteiger partial charge in [-0.3, -0.25) is 0 Å². The average Bonchev–Trinajstić information content (AvgIpc) is 2.59. The van der Waals surface area contributed by atoms with Gasteiger partial charge < -0.3 is 9.47 Å². The first-order valence-electron chi connectivity index (χ1n) is 7.65. The van der Waals surface area contributed by atoms with Crippen molar-refractivity contribution in [1.29, 1.82) is 0 Å². The van der Waals surface area contributed by atoms with Gasteiger partial charge in [0.05, 0.1) is 4.90 Å². The van der Waals surface area contributed by atoms with Crippen molar-refractivity contribution in [1.82, 2.24) is 4.31 Å². The summed E-state index contributed by atoms with van der Waals surface area (Å²) >= 11 is 5.84. The maximum atomic E-state index is 12.8. The van der Waals surface area contributed by atoms with E-state index >= 15 is 0 Å². The fourth-order valence-electron chi connectivity index (χ4n) is 2.51. The van der Waals surface area contributed by atoms with E-state index in [4.69, 9.17) is 21.1 Å². The molecule has 0 spiro atoms. The van der Waals surface area contributed by atoms with Crippen LogP contribution in [0.15, 0.2) is 47.4 Å². The van der Waals surface area contributed by atoms with Crippen molar-refractivity contribution < 1.29 is 17.9 Å². The number of fused-ring (bicyclic) bond motifs is 1. The van der Waals surface area contributed by atoms with Gasteiger partial charge in [-0.15, -0.1) is 0 Å². The van der Waals surface area contributed by atoms with E-state index in [1.165, 1.54) is 16.4 Å². The van der Waals surface area contributed by atoms with Crippen LogP contribution in [0.2, 0.25) is 5.02 Å². The largest absolute Gasteiger partial charge is 0.486 e. The highest BCUT2D eigenvalue weighted by molar-refractivity contribution is 7.89. The van der Waals surface area contributed by atoms with Crippen molar-refractivity contribution in [3.8, 4) is 11.5 Å². The number of halogens is 1. The second-order valence-corrected chi connectivity index (χ2v) is 7.74. The smallest absolute Gasteiger partial charge is 0.243 e. The highest BCUT2D eigenvalue weighted by atomic mass is 35.5. The van der Waals surface area contributed by atoms with Crippen LogP contribution < -0.4 is 9.47 Å². The fraction of sp³-hybridized carbons (Fsp3) is 0.294. The van der Waals surface area contributed by atoms with Crippen LogP contribution in [0.5, 0.6) is 11.5 Å². The summed E-state index contributed by atoms with van der Waals surface area (Å²) < 4.78 is 38.1. The summed E-state index contributed by atoms with van der Waals surface area (Å²) in [4.78, 5) is 0.228. The molecule has 0 fully saturated rings. The van der Waals surface area contributed by atoms with Gasteiger partial charge in [0.2, 0.25) is 10.0 Å². The summed E-state index contributed by atoms with van der Waals surface area (Å²) in [6.45, 7) is 3.46. The summed E-state index contributed by atoms with van der Waals surface area (Å²) in [5, 5.41) is 0.504. The van der Waals surface area contributed by atoms with Crippen molar-refractivity contribution in [2.24, 2.45) is 0 Å². The maximum absolute atomic E-state index is 12.8. The number of sulfonamides is 1. The zero-order valence-corrected chi connectivity index (χ0v) is 14.8. The van der Waals surface area contributed by atoms with Crippen LogP contribution >= 0.6 is 11.6 Å². The lowest BCUT2D eigenvalue weighted by Gasteiger charge is -2.23. The molecule has 1 aliphatic rings. The number of benzene rings is 2. The first-order valence-corrected chi connectivity index (χ1v) is 9.47. The van der Waals surface area contributed by atoms with Gasteiger partial charge in [0.25, 0.3) is 0 Å². The monoisotopic (exact) mass is 367 g/mol. The molecule has 2 aromatic carbocycles. The Balaban J connectivity index is 1.85. The minimum absolute atomic E-state index is 0.228. The van der Waals surface area contributed by atoms with Gasteiger partial charge in [-0.2, -0.15) is 4.31 Å². The van der Waals surface area contributed by atoms with Crippen LogP contribution in [0, 0.1) is 0 Å². The van der Waals surface area contributed by atoms with Crippen molar-refractivity contribution in [3.63, 3.8) is 0 Å². The zero-order valence-electron chi connectivity index (χ0n) is 13.2. The third-order valence-corrected chi connectivity index (χ3v) is 5.96. The summed E-state index contributed by atoms with van der Waals surface area (Å²) in [6, 6.07) is 11.7. The normalized spacial score (nSPS) is 14.0. The minimum Gasteiger partial charge on any atom is -0.486 e. The molecule has 0 radical (unpaired) electrons. The number of hydrogen-bond acceptors (Lipinski definition) is 4. The van der Waals surface area contributed by atoms with Crippen molar-refractivity contribution in [2.75, 3.05) is 19.8 Å². The van der Waals surface area contributed by atoms with E-state index in [1.807, 2.05) is 25.1 Å². The number of rotatable bonds is 5. The Morgan fingerprint density at radius 1 is 1.04 bits per heavy atom. The Bertz CT molecular complexity index is 821. The van der Waals surface area contributed by atoms with Crippen LogP contribution in [0.1, 0.15) is 12.5 Å². The first kappa shape index (κ1) is 17.1. The van der Waals surface area contributed by atoms with Crippen LogP contribution in [0.25, 0.3) is 0 Å². The lowest BCUT2D eigenvalue weighted by molar-refractivity contribution is 0.171. The molecule has 3 rings (SSSR count). The second kappa shape index (κ2) is 7.01. The van der Waals surface area contributed by atoms with Gasteiger partial charge in [0, 0.05) is 18.1 Å². The Kier molecular flexibility index (Phi) is 4.99. The Labute approximate surface area is 146 Å². The van der Waals surface area contributed by atoms with Gasteiger partial charge in [-0.05, 0) is 42.0 Å². The molecule has 0 aromatic heterocycles. The molecular formula is C17H18ClNO4S. The van der Waals surface area contributed by atoms with E-state index in [-0.39, 0.29) is 11.4 Å². The molecule has 0 N–H and O–H groups in total. The highest BCUT2D eigenvalue weighted by Crippen LogP contribution is 2.31.